The number of benzene rings is 2. The summed E-state index contributed by atoms with van der Waals surface area (Å²) in [7, 11) is 2.53. The molecule has 3 rings (SSSR count). The molecule has 1 N–H and O–H groups in total. The number of aromatic amines is 1. The third-order valence-corrected chi connectivity index (χ3v) is 4.02. The summed E-state index contributed by atoms with van der Waals surface area (Å²) < 4.78 is 9.46. The molecule has 2 aromatic carbocycles. The van der Waals surface area contributed by atoms with Gasteiger partial charge in [0.15, 0.2) is 5.92 Å². The summed E-state index contributed by atoms with van der Waals surface area (Å²) in [5.41, 5.74) is 2.81. The smallest absolute Gasteiger partial charge is 0.320 e. The fourth-order valence-electron chi connectivity index (χ4n) is 2.87. The summed E-state index contributed by atoms with van der Waals surface area (Å²) in [4.78, 5) is 27.1. The Kier molecular flexibility index (Phi) is 4.02. The number of para-hydroxylation sites is 2. The molecule has 1 aromatic heterocycles. The normalized spacial score (nSPS) is 11.1. The highest BCUT2D eigenvalue weighted by atomic mass is 16.5. The van der Waals surface area contributed by atoms with Crippen molar-refractivity contribution in [3.05, 3.63) is 48.0 Å². The minimum Gasteiger partial charge on any atom is -0.468 e. The molecule has 0 unspecified atom stereocenters. The fraction of sp³-hybridized carbons (Fsp3) is 0.222. The van der Waals surface area contributed by atoms with Crippen molar-refractivity contribution in [2.75, 3.05) is 14.2 Å². The molecule has 23 heavy (non-hydrogen) atoms. The monoisotopic (exact) mass is 311 g/mol. The maximum atomic E-state index is 11.9. The van der Waals surface area contributed by atoms with Gasteiger partial charge in [0.25, 0.3) is 0 Å². The maximum absolute atomic E-state index is 11.9. The molecule has 0 aliphatic rings. The zero-order valence-corrected chi connectivity index (χ0v) is 13.0. The van der Waals surface area contributed by atoms with Gasteiger partial charge in [-0.2, -0.15) is 0 Å². The van der Waals surface area contributed by atoms with Crippen molar-refractivity contribution < 1.29 is 19.1 Å². The molecule has 0 spiro atoms. The highest BCUT2D eigenvalue weighted by molar-refractivity contribution is 6.08. The second-order valence-corrected chi connectivity index (χ2v) is 5.31. The number of carbonyl (C=O) groups is 2. The summed E-state index contributed by atoms with van der Waals surface area (Å²) in [6.45, 7) is 0. The van der Waals surface area contributed by atoms with Crippen LogP contribution >= 0.6 is 0 Å². The van der Waals surface area contributed by atoms with Crippen molar-refractivity contribution in [2.45, 2.75) is 6.42 Å². The zero-order valence-electron chi connectivity index (χ0n) is 13.0. The lowest BCUT2D eigenvalue weighted by Crippen LogP contribution is -2.28. The van der Waals surface area contributed by atoms with Gasteiger partial charge in [0.1, 0.15) is 0 Å². The van der Waals surface area contributed by atoms with Gasteiger partial charge in [0.2, 0.25) is 0 Å². The Morgan fingerprint density at radius 2 is 1.61 bits per heavy atom. The summed E-state index contributed by atoms with van der Waals surface area (Å²) in [5.74, 6) is -2.16. The topological polar surface area (TPSA) is 68.4 Å². The Labute approximate surface area is 133 Å². The van der Waals surface area contributed by atoms with Gasteiger partial charge in [-0.3, -0.25) is 9.59 Å². The number of esters is 2. The van der Waals surface area contributed by atoms with Crippen LogP contribution in [0.25, 0.3) is 21.8 Å². The van der Waals surface area contributed by atoms with E-state index in [4.69, 9.17) is 9.47 Å². The minimum absolute atomic E-state index is 0.226. The molecule has 0 bridgehead atoms. The van der Waals surface area contributed by atoms with Crippen LogP contribution < -0.4 is 0 Å². The van der Waals surface area contributed by atoms with Crippen LogP contribution in [0.3, 0.4) is 0 Å². The Balaban J connectivity index is 2.08. The SMILES string of the molecule is COC(=O)C(Cc1cccc2c1[nH]c1ccccc12)C(=O)OC. The van der Waals surface area contributed by atoms with Gasteiger partial charge in [-0.15, -0.1) is 0 Å². The van der Waals surface area contributed by atoms with E-state index in [1.165, 1.54) is 14.2 Å². The van der Waals surface area contributed by atoms with Gasteiger partial charge >= 0.3 is 11.9 Å². The van der Waals surface area contributed by atoms with Crippen molar-refractivity contribution >= 4 is 33.7 Å². The van der Waals surface area contributed by atoms with Crippen molar-refractivity contribution in [3.63, 3.8) is 0 Å². The molecule has 0 amide bonds. The number of hydrogen-bond donors (Lipinski definition) is 1. The van der Waals surface area contributed by atoms with Crippen LogP contribution in [0.4, 0.5) is 0 Å². The van der Waals surface area contributed by atoms with Gasteiger partial charge in [-0.1, -0.05) is 36.4 Å². The van der Waals surface area contributed by atoms with Crippen molar-refractivity contribution in [2.24, 2.45) is 5.92 Å². The van der Waals surface area contributed by atoms with Gasteiger partial charge in [-0.25, -0.2) is 0 Å². The van der Waals surface area contributed by atoms with E-state index in [0.29, 0.717) is 0 Å². The van der Waals surface area contributed by atoms with E-state index >= 15 is 0 Å². The number of rotatable bonds is 4. The van der Waals surface area contributed by atoms with Crippen LogP contribution in [0, 0.1) is 5.92 Å². The standard InChI is InChI=1S/C18H17NO4/c1-22-17(20)14(18(21)23-2)10-11-6-5-8-13-12-7-3-4-9-15(12)19-16(11)13/h3-9,14,19H,10H2,1-2H3. The van der Waals surface area contributed by atoms with Crippen molar-refractivity contribution in [3.8, 4) is 0 Å². The van der Waals surface area contributed by atoms with Crippen LogP contribution in [0.15, 0.2) is 42.5 Å². The second-order valence-electron chi connectivity index (χ2n) is 5.31. The third-order valence-electron chi connectivity index (χ3n) is 4.02. The Morgan fingerprint density at radius 3 is 2.30 bits per heavy atom. The van der Waals surface area contributed by atoms with E-state index in [9.17, 15) is 9.59 Å². The largest absolute Gasteiger partial charge is 0.468 e. The van der Waals surface area contributed by atoms with Gasteiger partial charge < -0.3 is 14.5 Å². The lowest BCUT2D eigenvalue weighted by molar-refractivity contribution is -0.158. The predicted molar refractivity (Wildman–Crippen MR) is 87.0 cm³/mol. The predicted octanol–water partition coefficient (Wildman–Crippen LogP) is 2.83. The number of H-pyrrole nitrogens is 1. The summed E-state index contributed by atoms with van der Waals surface area (Å²) >= 11 is 0. The van der Waals surface area contributed by atoms with E-state index in [-0.39, 0.29) is 6.42 Å². The first-order chi connectivity index (χ1) is 11.2. The molecular weight excluding hydrogens is 294 g/mol. The summed E-state index contributed by atoms with van der Waals surface area (Å²) in [6.07, 6.45) is 0.226. The van der Waals surface area contributed by atoms with E-state index < -0.39 is 17.9 Å². The summed E-state index contributed by atoms with van der Waals surface area (Å²) in [5, 5.41) is 2.17. The number of carbonyl (C=O) groups excluding carboxylic acids is 2. The first kappa shape index (κ1) is 15.1. The Bertz CT molecular complexity index is 865. The number of fused-ring (bicyclic) bond motifs is 3. The number of methoxy groups -OCH3 is 2. The first-order valence-electron chi connectivity index (χ1n) is 7.29. The Hall–Kier alpha value is -2.82. The molecular formula is C18H17NO4. The molecule has 0 radical (unpaired) electrons. The Morgan fingerprint density at radius 1 is 0.957 bits per heavy atom. The highest BCUT2D eigenvalue weighted by Gasteiger charge is 2.29. The average Bonchev–Trinajstić information content (AvgIpc) is 2.98. The van der Waals surface area contributed by atoms with Crippen LogP contribution in [0.2, 0.25) is 0 Å². The molecule has 0 atom stereocenters. The molecule has 118 valence electrons. The molecule has 0 saturated carbocycles. The van der Waals surface area contributed by atoms with E-state index in [2.05, 4.69) is 4.98 Å². The lowest BCUT2D eigenvalue weighted by Gasteiger charge is -2.13. The lowest BCUT2D eigenvalue weighted by atomic mass is 9.97. The molecule has 0 saturated heterocycles. The van der Waals surface area contributed by atoms with Gasteiger partial charge in [0.05, 0.1) is 14.2 Å². The summed E-state index contributed by atoms with van der Waals surface area (Å²) in [6, 6.07) is 13.8. The average molecular weight is 311 g/mol. The zero-order chi connectivity index (χ0) is 16.4. The number of ether oxygens (including phenoxy) is 2. The van der Waals surface area contributed by atoms with E-state index in [0.717, 1.165) is 27.4 Å². The van der Waals surface area contributed by atoms with E-state index in [1.54, 1.807) is 0 Å². The molecule has 5 nitrogen and oxygen atoms in total. The first-order valence-corrected chi connectivity index (χ1v) is 7.29. The quantitative estimate of drug-likeness (QED) is 0.594. The molecule has 5 heteroatoms. The molecule has 1 heterocycles. The molecule has 0 aliphatic heterocycles. The number of hydrogen-bond acceptors (Lipinski definition) is 4. The van der Waals surface area contributed by atoms with Crippen molar-refractivity contribution in [1.29, 1.82) is 0 Å². The second kappa shape index (κ2) is 6.12. The fourth-order valence-corrected chi connectivity index (χ4v) is 2.87. The van der Waals surface area contributed by atoms with Gasteiger partial charge in [0, 0.05) is 21.8 Å². The maximum Gasteiger partial charge on any atom is 0.320 e. The minimum atomic E-state index is -0.970. The molecule has 3 aromatic rings. The molecule has 0 aliphatic carbocycles. The van der Waals surface area contributed by atoms with Gasteiger partial charge in [-0.05, 0) is 18.1 Å². The van der Waals surface area contributed by atoms with Crippen LogP contribution in [-0.4, -0.2) is 31.1 Å². The van der Waals surface area contributed by atoms with Crippen LogP contribution in [0.1, 0.15) is 5.56 Å². The van der Waals surface area contributed by atoms with Crippen molar-refractivity contribution in [1.82, 2.24) is 4.98 Å². The van der Waals surface area contributed by atoms with E-state index in [1.807, 2.05) is 42.5 Å². The van der Waals surface area contributed by atoms with Crippen LogP contribution in [-0.2, 0) is 25.5 Å². The molecule has 0 fully saturated rings. The highest BCUT2D eigenvalue weighted by Crippen LogP contribution is 2.29. The number of aromatic nitrogens is 1. The van der Waals surface area contributed by atoms with Crippen LogP contribution in [0.5, 0.6) is 0 Å². The number of nitrogens with one attached hydrogen (secondary N) is 1. The third kappa shape index (κ3) is 2.65.